The number of rotatable bonds is 2. The first-order valence-electron chi connectivity index (χ1n) is 15.0. The Balaban J connectivity index is 0.000000565. The number of anilines is 1. The summed E-state index contributed by atoms with van der Waals surface area (Å²) in [5.74, 6) is 0.869. The van der Waals surface area contributed by atoms with Crippen molar-refractivity contribution in [3.05, 3.63) is 54.2 Å². The van der Waals surface area contributed by atoms with Crippen LogP contribution in [-0.4, -0.2) is 45.2 Å². The smallest absolute Gasteiger partial charge is 0.175 e. The van der Waals surface area contributed by atoms with Gasteiger partial charge in [-0.1, -0.05) is 86.1 Å². The van der Waals surface area contributed by atoms with Crippen LogP contribution in [0.4, 0.5) is 10.2 Å². The number of nitrogens with zero attached hydrogens (tertiary/aromatic N) is 4. The van der Waals surface area contributed by atoms with Gasteiger partial charge in [-0.3, -0.25) is 4.98 Å². The Bertz CT molecular complexity index is 1350. The molecule has 2 N–H and O–H groups in total. The molecule has 218 valence electrons. The van der Waals surface area contributed by atoms with E-state index in [0.717, 1.165) is 42.5 Å². The lowest BCUT2D eigenvalue weighted by atomic mass is 10.00. The van der Waals surface area contributed by atoms with Crippen LogP contribution in [0.5, 0.6) is 5.75 Å². The van der Waals surface area contributed by atoms with Crippen molar-refractivity contribution in [3.63, 3.8) is 0 Å². The molecule has 0 radical (unpaired) electrons. The molecule has 6 rings (SSSR count). The van der Waals surface area contributed by atoms with Crippen LogP contribution in [0.3, 0.4) is 0 Å². The zero-order valence-corrected chi connectivity index (χ0v) is 25.8. The van der Waals surface area contributed by atoms with Crippen LogP contribution in [0.25, 0.3) is 32.9 Å². The van der Waals surface area contributed by atoms with Crippen molar-refractivity contribution < 1.29 is 9.50 Å². The average molecular weight is 550 g/mol. The number of aromatic nitrogens is 3. The van der Waals surface area contributed by atoms with Crippen LogP contribution in [0.15, 0.2) is 42.6 Å². The molecule has 2 aromatic heterocycles. The van der Waals surface area contributed by atoms with E-state index in [1.165, 1.54) is 6.42 Å². The lowest BCUT2D eigenvalue weighted by Gasteiger charge is -2.34. The number of nitrogens with one attached hydrogen (secondary N) is 1. The number of aromatic hydroxyl groups is 1. The quantitative estimate of drug-likeness (QED) is 0.261. The van der Waals surface area contributed by atoms with Gasteiger partial charge in [-0.15, -0.1) is 0 Å². The SMILES string of the molecule is CC.CC.CC.CCC.Cc1nc(N2CC3CCC(C2)N3)c2cnc(-c3cc(O)cc4ccccc34)c(F)c2n1. The highest BCUT2D eigenvalue weighted by Crippen LogP contribution is 2.36. The number of pyridine rings is 1. The minimum absolute atomic E-state index is 0.0749. The minimum Gasteiger partial charge on any atom is -0.508 e. The van der Waals surface area contributed by atoms with Gasteiger partial charge in [0, 0.05) is 36.9 Å². The Morgan fingerprint density at radius 2 is 1.52 bits per heavy atom. The third-order valence-corrected chi connectivity index (χ3v) is 6.39. The van der Waals surface area contributed by atoms with Gasteiger partial charge in [-0.25, -0.2) is 14.4 Å². The molecule has 4 heterocycles. The second-order valence-electron chi connectivity index (χ2n) is 9.24. The highest BCUT2D eigenvalue weighted by atomic mass is 19.1. The van der Waals surface area contributed by atoms with E-state index in [9.17, 15) is 5.11 Å². The van der Waals surface area contributed by atoms with Gasteiger partial charge in [0.05, 0.1) is 5.39 Å². The van der Waals surface area contributed by atoms with Gasteiger partial charge in [0.2, 0.25) is 0 Å². The Morgan fingerprint density at radius 3 is 2.15 bits per heavy atom. The van der Waals surface area contributed by atoms with Gasteiger partial charge >= 0.3 is 0 Å². The maximum absolute atomic E-state index is 15.8. The molecular weight excluding hydrogens is 501 g/mol. The van der Waals surface area contributed by atoms with Crippen LogP contribution in [-0.2, 0) is 0 Å². The number of aryl methyl sites for hydroxylation is 1. The summed E-state index contributed by atoms with van der Waals surface area (Å²) in [5.41, 5.74) is 1.00. The first kappa shape index (κ1) is 32.9. The summed E-state index contributed by atoms with van der Waals surface area (Å²) in [5, 5.41) is 16.1. The van der Waals surface area contributed by atoms with Crippen LogP contribution < -0.4 is 10.2 Å². The lowest BCUT2D eigenvalue weighted by Crippen LogP contribution is -2.51. The molecule has 2 atom stereocenters. The number of hydrogen-bond donors (Lipinski definition) is 2. The Labute approximate surface area is 240 Å². The largest absolute Gasteiger partial charge is 0.508 e. The molecule has 2 fully saturated rings. The lowest BCUT2D eigenvalue weighted by molar-refractivity contribution is 0.464. The third-order valence-electron chi connectivity index (χ3n) is 6.39. The standard InChI is InChI=1S/C24H22FN5O.C3H8.3C2H6/c1-13-27-23-20(24(28-13)30-11-15-6-7-16(12-30)29-15)10-26-22(21(23)25)19-9-17(31)8-14-4-2-3-5-18(14)19;1-3-2;3*1-2/h2-5,8-10,15-16,29,31H,6-7,11-12H2,1H3;3H2,1-2H3;3*1-2H3. The number of benzene rings is 2. The molecule has 0 saturated carbocycles. The van der Waals surface area contributed by atoms with Gasteiger partial charge < -0.3 is 15.3 Å². The molecule has 2 aliphatic heterocycles. The average Bonchev–Trinajstić information content (AvgIpc) is 3.33. The number of halogens is 1. The fraction of sp³-hybridized carbons (Fsp3) is 0.485. The monoisotopic (exact) mass is 549 g/mol. The second-order valence-corrected chi connectivity index (χ2v) is 9.24. The maximum atomic E-state index is 15.8. The fourth-order valence-corrected chi connectivity index (χ4v) is 5.04. The summed E-state index contributed by atoms with van der Waals surface area (Å²) in [6.07, 6.45) is 5.24. The predicted molar refractivity (Wildman–Crippen MR) is 169 cm³/mol. The first-order chi connectivity index (χ1) is 19.5. The summed E-state index contributed by atoms with van der Waals surface area (Å²) < 4.78 is 15.8. The molecule has 2 aromatic carbocycles. The fourth-order valence-electron chi connectivity index (χ4n) is 5.04. The van der Waals surface area contributed by atoms with Crippen LogP contribution in [0, 0.1) is 12.7 Å². The molecule has 40 heavy (non-hydrogen) atoms. The molecule has 2 aliphatic rings. The van der Waals surface area contributed by atoms with Crippen molar-refractivity contribution in [2.75, 3.05) is 18.0 Å². The molecule has 0 amide bonds. The summed E-state index contributed by atoms with van der Waals surface area (Å²) in [6.45, 7) is 19.7. The molecule has 2 bridgehead atoms. The van der Waals surface area contributed by atoms with Gasteiger partial charge in [-0.2, -0.15) is 0 Å². The van der Waals surface area contributed by atoms with Crippen molar-refractivity contribution in [1.29, 1.82) is 0 Å². The molecule has 0 spiro atoms. The molecule has 0 aliphatic carbocycles. The molecule has 6 nitrogen and oxygen atoms in total. The maximum Gasteiger partial charge on any atom is 0.175 e. The number of hydrogen-bond acceptors (Lipinski definition) is 6. The first-order valence-corrected chi connectivity index (χ1v) is 15.0. The van der Waals surface area contributed by atoms with E-state index >= 15 is 4.39 Å². The topological polar surface area (TPSA) is 74.2 Å². The Kier molecular flexibility index (Phi) is 13.2. The predicted octanol–water partition coefficient (Wildman–Crippen LogP) is 8.43. The Morgan fingerprint density at radius 1 is 0.925 bits per heavy atom. The van der Waals surface area contributed by atoms with Gasteiger partial charge in [0.1, 0.15) is 28.6 Å². The highest BCUT2D eigenvalue weighted by molar-refractivity contribution is 5.99. The van der Waals surface area contributed by atoms with E-state index in [0.29, 0.717) is 28.9 Å². The summed E-state index contributed by atoms with van der Waals surface area (Å²) in [6, 6.07) is 11.7. The molecule has 7 heteroatoms. The number of fused-ring (bicyclic) bond motifs is 4. The van der Waals surface area contributed by atoms with Gasteiger partial charge in [-0.05, 0) is 42.7 Å². The van der Waals surface area contributed by atoms with Crippen LogP contribution in [0.1, 0.15) is 80.5 Å². The van der Waals surface area contributed by atoms with E-state index in [2.05, 4.69) is 39.0 Å². The normalized spacial score (nSPS) is 16.9. The second kappa shape index (κ2) is 16.1. The van der Waals surface area contributed by atoms with Gasteiger partial charge in [0.15, 0.2) is 5.82 Å². The molecule has 2 saturated heterocycles. The van der Waals surface area contributed by atoms with Crippen molar-refractivity contribution in [2.24, 2.45) is 0 Å². The minimum atomic E-state index is -0.488. The van der Waals surface area contributed by atoms with Crippen molar-refractivity contribution >= 4 is 27.5 Å². The molecule has 4 aromatic rings. The zero-order chi connectivity index (χ0) is 29.8. The van der Waals surface area contributed by atoms with Crippen molar-refractivity contribution in [1.82, 2.24) is 20.3 Å². The number of phenols is 1. The van der Waals surface area contributed by atoms with E-state index in [4.69, 9.17) is 0 Å². The van der Waals surface area contributed by atoms with Gasteiger partial charge in [0.25, 0.3) is 0 Å². The number of piperazine rings is 1. The number of phenolic OH excluding ortho intramolecular Hbond substituents is 1. The molecule has 2 unspecified atom stereocenters. The van der Waals surface area contributed by atoms with E-state index in [1.807, 2.05) is 65.8 Å². The zero-order valence-electron chi connectivity index (χ0n) is 25.8. The molecular formula is C33H48FN5O. The Hall–Kier alpha value is -3.32. The summed E-state index contributed by atoms with van der Waals surface area (Å²) >= 11 is 0. The summed E-state index contributed by atoms with van der Waals surface area (Å²) in [7, 11) is 0. The van der Waals surface area contributed by atoms with Crippen molar-refractivity contribution in [3.8, 4) is 17.0 Å². The third kappa shape index (κ3) is 7.25. The summed E-state index contributed by atoms with van der Waals surface area (Å²) in [4.78, 5) is 15.8. The van der Waals surface area contributed by atoms with Crippen LogP contribution >= 0.6 is 0 Å². The van der Waals surface area contributed by atoms with E-state index in [-0.39, 0.29) is 17.0 Å². The highest BCUT2D eigenvalue weighted by Gasteiger charge is 2.34. The van der Waals surface area contributed by atoms with Crippen molar-refractivity contribution in [2.45, 2.75) is 93.7 Å². The van der Waals surface area contributed by atoms with Crippen LogP contribution in [0.2, 0.25) is 0 Å². The van der Waals surface area contributed by atoms with E-state index in [1.54, 1.807) is 25.3 Å². The van der Waals surface area contributed by atoms with E-state index < -0.39 is 5.82 Å².